The summed E-state index contributed by atoms with van der Waals surface area (Å²) in [5.41, 5.74) is 1.91. The summed E-state index contributed by atoms with van der Waals surface area (Å²) in [6.45, 7) is 2.41. The Morgan fingerprint density at radius 3 is 2.48 bits per heavy atom. The van der Waals surface area contributed by atoms with Crippen molar-refractivity contribution in [3.63, 3.8) is 0 Å². The van der Waals surface area contributed by atoms with Crippen molar-refractivity contribution in [3.8, 4) is 0 Å². The second-order valence-corrected chi connectivity index (χ2v) is 6.26. The molecule has 0 aliphatic carbocycles. The monoisotopic (exact) mass is 329 g/mol. The molecule has 0 aromatic heterocycles. The molecule has 1 aliphatic rings. The van der Waals surface area contributed by atoms with Gasteiger partial charge in [0.15, 0.2) is 0 Å². The molecular formula is C18H20ClN3O. The van der Waals surface area contributed by atoms with Crippen molar-refractivity contribution >= 4 is 23.3 Å². The summed E-state index contributed by atoms with van der Waals surface area (Å²) in [5, 5.41) is 3.62. The third-order valence-electron chi connectivity index (χ3n) is 4.12. The zero-order valence-electron chi connectivity index (χ0n) is 13.1. The third kappa shape index (κ3) is 3.84. The highest BCUT2D eigenvalue weighted by atomic mass is 35.5. The molecule has 2 aromatic carbocycles. The molecule has 1 N–H and O–H groups in total. The van der Waals surface area contributed by atoms with Crippen LogP contribution in [0.25, 0.3) is 0 Å². The molecular weight excluding hydrogens is 310 g/mol. The topological polar surface area (TPSA) is 35.6 Å². The van der Waals surface area contributed by atoms with Crippen molar-refractivity contribution in [2.45, 2.75) is 6.04 Å². The van der Waals surface area contributed by atoms with E-state index >= 15 is 0 Å². The van der Waals surface area contributed by atoms with E-state index in [-0.39, 0.29) is 12.1 Å². The van der Waals surface area contributed by atoms with E-state index in [4.69, 9.17) is 11.6 Å². The number of nitrogens with one attached hydrogen (secondary N) is 1. The predicted molar refractivity (Wildman–Crippen MR) is 93.9 cm³/mol. The first-order chi connectivity index (χ1) is 11.1. The fourth-order valence-electron chi connectivity index (χ4n) is 2.85. The predicted octanol–water partition coefficient (Wildman–Crippen LogP) is 3.86. The molecule has 3 rings (SSSR count). The fraction of sp³-hybridized carbons (Fsp3) is 0.278. The van der Waals surface area contributed by atoms with E-state index in [9.17, 15) is 4.79 Å². The molecule has 1 heterocycles. The number of likely N-dealkylation sites (N-methyl/N-ethyl adjacent to an activating group) is 1. The SMILES string of the molecule is CN1CCN(C(=O)Nc2ccc(Cl)cc2)[C@@H](c2ccccc2)C1. The lowest BCUT2D eigenvalue weighted by Crippen LogP contribution is -2.50. The van der Waals surface area contributed by atoms with E-state index in [2.05, 4.69) is 29.4 Å². The molecule has 1 saturated heterocycles. The average molecular weight is 330 g/mol. The largest absolute Gasteiger partial charge is 0.322 e. The van der Waals surface area contributed by atoms with Gasteiger partial charge >= 0.3 is 6.03 Å². The number of nitrogens with zero attached hydrogens (tertiary/aromatic N) is 2. The zero-order chi connectivity index (χ0) is 16.2. The van der Waals surface area contributed by atoms with Gasteiger partial charge in [0.2, 0.25) is 0 Å². The Hall–Kier alpha value is -2.04. The maximum atomic E-state index is 12.7. The first-order valence-corrected chi connectivity index (χ1v) is 8.08. The second kappa shape index (κ2) is 7.02. The molecule has 0 spiro atoms. The van der Waals surface area contributed by atoms with E-state index in [0.717, 1.165) is 24.3 Å². The highest BCUT2D eigenvalue weighted by Gasteiger charge is 2.30. The summed E-state index contributed by atoms with van der Waals surface area (Å²) in [5.74, 6) is 0. The van der Waals surface area contributed by atoms with Crippen molar-refractivity contribution in [1.29, 1.82) is 0 Å². The number of carbonyl (C=O) groups excluding carboxylic acids is 1. The Labute approximate surface area is 141 Å². The van der Waals surface area contributed by atoms with Gasteiger partial charge in [-0.05, 0) is 36.9 Å². The minimum Gasteiger partial charge on any atom is -0.315 e. The highest BCUT2D eigenvalue weighted by molar-refractivity contribution is 6.30. The molecule has 1 atom stereocenters. The van der Waals surface area contributed by atoms with Crippen molar-refractivity contribution < 1.29 is 4.79 Å². The van der Waals surface area contributed by atoms with Crippen LogP contribution in [0.4, 0.5) is 10.5 Å². The Bertz CT molecular complexity index is 660. The van der Waals surface area contributed by atoms with E-state index in [0.29, 0.717) is 11.6 Å². The normalized spacial score (nSPS) is 18.7. The third-order valence-corrected chi connectivity index (χ3v) is 4.38. The Morgan fingerprint density at radius 1 is 1.09 bits per heavy atom. The Morgan fingerprint density at radius 2 is 1.78 bits per heavy atom. The minimum absolute atomic E-state index is 0.0576. The summed E-state index contributed by atoms with van der Waals surface area (Å²) in [6.07, 6.45) is 0. The molecule has 0 bridgehead atoms. The molecule has 0 unspecified atom stereocenters. The van der Waals surface area contributed by atoms with Crippen molar-refractivity contribution in [2.75, 3.05) is 32.0 Å². The molecule has 23 heavy (non-hydrogen) atoms. The van der Waals surface area contributed by atoms with Gasteiger partial charge in [-0.1, -0.05) is 41.9 Å². The minimum atomic E-state index is -0.0747. The Kier molecular flexibility index (Phi) is 4.84. The molecule has 0 saturated carbocycles. The number of anilines is 1. The zero-order valence-corrected chi connectivity index (χ0v) is 13.8. The lowest BCUT2D eigenvalue weighted by atomic mass is 10.0. The molecule has 1 fully saturated rings. The van der Waals surface area contributed by atoms with Gasteiger partial charge in [-0.2, -0.15) is 0 Å². The van der Waals surface area contributed by atoms with Gasteiger partial charge in [0, 0.05) is 30.3 Å². The first kappa shape index (κ1) is 15.8. The number of rotatable bonds is 2. The van der Waals surface area contributed by atoms with Crippen LogP contribution in [0.2, 0.25) is 5.02 Å². The van der Waals surface area contributed by atoms with Gasteiger partial charge in [-0.15, -0.1) is 0 Å². The summed E-state index contributed by atoms with van der Waals surface area (Å²) < 4.78 is 0. The van der Waals surface area contributed by atoms with Gasteiger partial charge in [-0.25, -0.2) is 4.79 Å². The van der Waals surface area contributed by atoms with Gasteiger partial charge in [0.1, 0.15) is 0 Å². The van der Waals surface area contributed by atoms with Gasteiger partial charge < -0.3 is 15.1 Å². The summed E-state index contributed by atoms with van der Waals surface area (Å²) >= 11 is 5.89. The molecule has 1 aliphatic heterocycles. The van der Waals surface area contributed by atoms with Crippen LogP contribution in [0.15, 0.2) is 54.6 Å². The van der Waals surface area contributed by atoms with Crippen LogP contribution in [0.5, 0.6) is 0 Å². The van der Waals surface area contributed by atoms with E-state index in [1.54, 1.807) is 12.1 Å². The van der Waals surface area contributed by atoms with Crippen LogP contribution in [0, 0.1) is 0 Å². The molecule has 2 aromatic rings. The second-order valence-electron chi connectivity index (χ2n) is 5.82. The standard InChI is InChI=1S/C18H20ClN3O/c1-21-11-12-22(17(13-21)14-5-3-2-4-6-14)18(23)20-16-9-7-15(19)8-10-16/h2-10,17H,11-13H2,1H3,(H,20,23)/t17-/m1/s1. The molecule has 0 radical (unpaired) electrons. The maximum absolute atomic E-state index is 12.7. The molecule has 4 nitrogen and oxygen atoms in total. The lowest BCUT2D eigenvalue weighted by Gasteiger charge is -2.40. The number of hydrogen-bond donors (Lipinski definition) is 1. The van der Waals surface area contributed by atoms with Crippen LogP contribution < -0.4 is 5.32 Å². The lowest BCUT2D eigenvalue weighted by molar-refractivity contribution is 0.117. The van der Waals surface area contributed by atoms with Crippen LogP contribution >= 0.6 is 11.6 Å². The van der Waals surface area contributed by atoms with E-state index in [1.807, 2.05) is 35.2 Å². The number of hydrogen-bond acceptors (Lipinski definition) is 2. The summed E-state index contributed by atoms with van der Waals surface area (Å²) in [7, 11) is 2.09. The van der Waals surface area contributed by atoms with Crippen LogP contribution in [0.3, 0.4) is 0 Å². The van der Waals surface area contributed by atoms with Crippen molar-refractivity contribution in [2.24, 2.45) is 0 Å². The van der Waals surface area contributed by atoms with E-state index < -0.39 is 0 Å². The number of urea groups is 1. The molecule has 5 heteroatoms. The number of halogens is 1. The summed E-state index contributed by atoms with van der Waals surface area (Å²) in [6, 6.07) is 17.3. The first-order valence-electron chi connectivity index (χ1n) is 7.70. The van der Waals surface area contributed by atoms with Crippen molar-refractivity contribution in [3.05, 3.63) is 65.2 Å². The highest BCUT2D eigenvalue weighted by Crippen LogP contribution is 2.25. The molecule has 2 amide bonds. The van der Waals surface area contributed by atoms with Crippen molar-refractivity contribution in [1.82, 2.24) is 9.80 Å². The van der Waals surface area contributed by atoms with Crippen LogP contribution in [-0.2, 0) is 0 Å². The smallest absolute Gasteiger partial charge is 0.315 e. The van der Waals surface area contributed by atoms with Gasteiger partial charge in [0.05, 0.1) is 6.04 Å². The fourth-order valence-corrected chi connectivity index (χ4v) is 2.98. The van der Waals surface area contributed by atoms with Crippen LogP contribution in [-0.4, -0.2) is 42.5 Å². The number of benzene rings is 2. The number of carbonyl (C=O) groups is 1. The summed E-state index contributed by atoms with van der Waals surface area (Å²) in [4.78, 5) is 16.9. The molecule has 120 valence electrons. The average Bonchev–Trinajstić information content (AvgIpc) is 2.57. The van der Waals surface area contributed by atoms with Gasteiger partial charge in [-0.3, -0.25) is 0 Å². The number of amides is 2. The maximum Gasteiger partial charge on any atom is 0.322 e. The number of piperazine rings is 1. The Balaban J connectivity index is 1.78. The van der Waals surface area contributed by atoms with E-state index in [1.165, 1.54) is 0 Å². The quantitative estimate of drug-likeness (QED) is 0.908. The van der Waals surface area contributed by atoms with Gasteiger partial charge in [0.25, 0.3) is 0 Å². The van der Waals surface area contributed by atoms with Crippen LogP contribution in [0.1, 0.15) is 11.6 Å².